The normalized spacial score (nSPS) is 24.3. The molecule has 12 heteroatoms. The van der Waals surface area contributed by atoms with Gasteiger partial charge in [0.25, 0.3) is 0 Å². The van der Waals surface area contributed by atoms with Crippen LogP contribution in [0.3, 0.4) is 0 Å². The summed E-state index contributed by atoms with van der Waals surface area (Å²) in [4.78, 5) is 34.1. The number of H-pyrrole nitrogens is 1. The van der Waals surface area contributed by atoms with Crippen molar-refractivity contribution < 1.29 is 9.26 Å². The first kappa shape index (κ1) is 27.4. The number of morpholine rings is 1. The number of anilines is 2. The molecule has 3 aliphatic rings. The fourth-order valence-corrected chi connectivity index (χ4v) is 7.25. The molecule has 1 N–H and O–H groups in total. The molecule has 0 spiro atoms. The molecule has 2 aliphatic carbocycles. The van der Waals surface area contributed by atoms with Crippen LogP contribution < -0.4 is 15.6 Å². The lowest BCUT2D eigenvalue weighted by atomic mass is 9.83. The largest absolute Gasteiger partial charge is 0.439 e. The van der Waals surface area contributed by atoms with Gasteiger partial charge in [-0.3, -0.25) is 9.51 Å². The molecule has 2 saturated carbocycles. The Morgan fingerprint density at radius 1 is 1.12 bits per heavy atom. The summed E-state index contributed by atoms with van der Waals surface area (Å²) in [5, 5.41) is 4.46. The SMILES string of the molecule is CC1CCC(Cn2c(N3CCO[C@@H]4CCC[C@H]43)nc3cc(-c4noc(=O)[nH]4)nc(-c4cc(Cl)cnc4N(C)C)c32)CC1. The van der Waals surface area contributed by atoms with E-state index in [0.29, 0.717) is 35.0 Å². The van der Waals surface area contributed by atoms with Crippen LogP contribution in [0.2, 0.25) is 5.02 Å². The van der Waals surface area contributed by atoms with Crippen LogP contribution in [0.1, 0.15) is 51.9 Å². The lowest BCUT2D eigenvalue weighted by Crippen LogP contribution is -2.49. The van der Waals surface area contributed by atoms with Crippen LogP contribution in [0.15, 0.2) is 27.6 Å². The predicted octanol–water partition coefficient (Wildman–Crippen LogP) is 5.14. The van der Waals surface area contributed by atoms with Crippen LogP contribution in [-0.2, 0) is 11.3 Å². The van der Waals surface area contributed by atoms with Crippen molar-refractivity contribution in [2.75, 3.05) is 37.0 Å². The van der Waals surface area contributed by atoms with Crippen molar-refractivity contribution in [2.45, 2.75) is 70.6 Å². The van der Waals surface area contributed by atoms with Crippen LogP contribution in [0.4, 0.5) is 11.8 Å². The molecule has 5 heterocycles. The molecule has 0 amide bonds. The summed E-state index contributed by atoms with van der Waals surface area (Å²) in [6, 6.07) is 4.10. The fraction of sp³-hybridized carbons (Fsp3) is 0.567. The Hall–Kier alpha value is -3.44. The number of nitrogens with one attached hydrogen (secondary N) is 1. The molecule has 0 bridgehead atoms. The smallest absolute Gasteiger partial charge is 0.374 e. The molecule has 11 nitrogen and oxygen atoms in total. The average molecular weight is 593 g/mol. The van der Waals surface area contributed by atoms with Gasteiger partial charge in [0.05, 0.1) is 34.8 Å². The predicted molar refractivity (Wildman–Crippen MR) is 162 cm³/mol. The molecule has 42 heavy (non-hydrogen) atoms. The topological polar surface area (TPSA) is 118 Å². The summed E-state index contributed by atoms with van der Waals surface area (Å²) in [5.41, 5.74) is 3.67. The van der Waals surface area contributed by atoms with Crippen molar-refractivity contribution in [3.05, 3.63) is 33.9 Å². The summed E-state index contributed by atoms with van der Waals surface area (Å²) >= 11 is 6.55. The number of hydrogen-bond acceptors (Lipinski definition) is 9. The summed E-state index contributed by atoms with van der Waals surface area (Å²) in [5.74, 6) is 2.63. The zero-order valence-electron chi connectivity index (χ0n) is 24.3. The minimum Gasteiger partial charge on any atom is -0.374 e. The van der Waals surface area contributed by atoms with E-state index in [0.717, 1.165) is 66.6 Å². The van der Waals surface area contributed by atoms with Crippen molar-refractivity contribution in [2.24, 2.45) is 11.8 Å². The molecule has 4 aromatic rings. The number of fused-ring (bicyclic) bond motifs is 2. The van der Waals surface area contributed by atoms with Gasteiger partial charge >= 0.3 is 5.76 Å². The Kier molecular flexibility index (Phi) is 7.17. The maximum Gasteiger partial charge on any atom is 0.439 e. The van der Waals surface area contributed by atoms with Gasteiger partial charge < -0.3 is 19.1 Å². The van der Waals surface area contributed by atoms with Crippen molar-refractivity contribution in [3.8, 4) is 22.8 Å². The van der Waals surface area contributed by atoms with E-state index in [9.17, 15) is 4.79 Å². The summed E-state index contributed by atoms with van der Waals surface area (Å²) in [7, 11) is 3.91. The Morgan fingerprint density at radius 2 is 1.95 bits per heavy atom. The van der Waals surface area contributed by atoms with Crippen LogP contribution in [0, 0.1) is 11.8 Å². The Balaban J connectivity index is 1.48. The summed E-state index contributed by atoms with van der Waals surface area (Å²) in [6.45, 7) is 4.69. The van der Waals surface area contributed by atoms with Crippen LogP contribution in [-0.4, -0.2) is 69.1 Å². The van der Waals surface area contributed by atoms with E-state index in [1.165, 1.54) is 25.7 Å². The van der Waals surface area contributed by atoms with Crippen molar-refractivity contribution in [1.29, 1.82) is 0 Å². The second-order valence-corrected chi connectivity index (χ2v) is 12.8. The second kappa shape index (κ2) is 11.0. The highest BCUT2D eigenvalue weighted by atomic mass is 35.5. The van der Waals surface area contributed by atoms with Crippen molar-refractivity contribution in [1.82, 2.24) is 29.7 Å². The highest BCUT2D eigenvalue weighted by molar-refractivity contribution is 6.30. The summed E-state index contributed by atoms with van der Waals surface area (Å²) < 4.78 is 13.4. The second-order valence-electron chi connectivity index (χ2n) is 12.3. The molecule has 0 unspecified atom stereocenters. The molecule has 222 valence electrons. The summed E-state index contributed by atoms with van der Waals surface area (Å²) in [6.07, 6.45) is 10.1. The van der Waals surface area contributed by atoms with E-state index in [2.05, 4.69) is 31.5 Å². The number of aromatic amines is 1. The number of rotatable bonds is 6. The van der Waals surface area contributed by atoms with Gasteiger partial charge in [0.15, 0.2) is 0 Å². The first-order valence-electron chi connectivity index (χ1n) is 15.0. The minimum atomic E-state index is -0.634. The van der Waals surface area contributed by atoms with E-state index in [1.807, 2.05) is 31.1 Å². The molecule has 2 atom stereocenters. The zero-order chi connectivity index (χ0) is 29.0. The third kappa shape index (κ3) is 4.96. The lowest BCUT2D eigenvalue weighted by Gasteiger charge is -2.39. The molecular formula is C30H37ClN8O3. The van der Waals surface area contributed by atoms with Gasteiger partial charge in [-0.05, 0) is 56.1 Å². The highest BCUT2D eigenvalue weighted by Gasteiger charge is 2.39. The Labute approximate surface area is 249 Å². The molecule has 1 saturated heterocycles. The zero-order valence-corrected chi connectivity index (χ0v) is 25.1. The third-order valence-electron chi connectivity index (χ3n) is 9.21. The minimum absolute atomic E-state index is 0.230. The molecule has 3 fully saturated rings. The van der Waals surface area contributed by atoms with E-state index < -0.39 is 5.76 Å². The van der Waals surface area contributed by atoms with Crippen LogP contribution in [0.5, 0.6) is 0 Å². The third-order valence-corrected chi connectivity index (χ3v) is 9.42. The number of aromatic nitrogens is 6. The maximum absolute atomic E-state index is 11.9. The number of pyridine rings is 2. The standard InChI is InChI=1S/C30H37ClN8O3/c1-17-7-9-18(10-8-17)16-39-26-21(34-29(39)38-11-12-41-24-6-4-5-23(24)38)14-22(27-35-30(40)42-36-27)33-25(26)20-13-19(31)15-32-28(20)37(2)3/h13-15,17-18,23-24H,4-12,16H2,1-3H3,(H,35,36,40)/t17?,18?,23-,24-/m1/s1. The van der Waals surface area contributed by atoms with Crippen molar-refractivity contribution >= 4 is 34.4 Å². The van der Waals surface area contributed by atoms with E-state index in [1.54, 1.807) is 6.20 Å². The molecule has 0 aromatic carbocycles. The van der Waals surface area contributed by atoms with Gasteiger partial charge in [0, 0.05) is 38.9 Å². The quantitative estimate of drug-likeness (QED) is 0.324. The van der Waals surface area contributed by atoms with Gasteiger partial charge in [-0.25, -0.2) is 19.7 Å². The maximum atomic E-state index is 11.9. The lowest BCUT2D eigenvalue weighted by molar-refractivity contribution is 0.0247. The van der Waals surface area contributed by atoms with E-state index in [4.69, 9.17) is 30.8 Å². The molecular weight excluding hydrogens is 556 g/mol. The highest BCUT2D eigenvalue weighted by Crippen LogP contribution is 2.41. The van der Waals surface area contributed by atoms with E-state index in [-0.39, 0.29) is 11.9 Å². The molecule has 0 radical (unpaired) electrons. The molecule has 7 rings (SSSR count). The molecule has 1 aliphatic heterocycles. The molecule has 4 aromatic heterocycles. The fourth-order valence-electron chi connectivity index (χ4n) is 7.09. The average Bonchev–Trinajstić information content (AvgIpc) is 3.72. The van der Waals surface area contributed by atoms with Gasteiger partial charge in [-0.15, -0.1) is 0 Å². The van der Waals surface area contributed by atoms with Crippen molar-refractivity contribution in [3.63, 3.8) is 0 Å². The Bertz CT molecular complexity index is 1650. The van der Waals surface area contributed by atoms with Crippen LogP contribution >= 0.6 is 11.6 Å². The first-order valence-corrected chi connectivity index (χ1v) is 15.4. The number of imidazole rings is 1. The van der Waals surface area contributed by atoms with Gasteiger partial charge in [-0.2, -0.15) is 0 Å². The van der Waals surface area contributed by atoms with Gasteiger partial charge in [-0.1, -0.05) is 36.5 Å². The van der Waals surface area contributed by atoms with Gasteiger partial charge in [0.1, 0.15) is 17.2 Å². The number of ether oxygens (including phenoxy) is 1. The monoisotopic (exact) mass is 592 g/mol. The number of nitrogens with zero attached hydrogens (tertiary/aromatic N) is 7. The first-order chi connectivity index (χ1) is 20.4. The van der Waals surface area contributed by atoms with Crippen LogP contribution in [0.25, 0.3) is 33.8 Å². The van der Waals surface area contributed by atoms with Gasteiger partial charge in [0.2, 0.25) is 11.8 Å². The van der Waals surface area contributed by atoms with E-state index >= 15 is 0 Å². The number of halogens is 1. The number of hydrogen-bond donors (Lipinski definition) is 1. The Morgan fingerprint density at radius 3 is 2.71 bits per heavy atom.